The number of fused-ring (bicyclic) bond motifs is 3. The third-order valence-corrected chi connectivity index (χ3v) is 5.51. The molecular weight excluding hydrogens is 410 g/mol. The van der Waals surface area contributed by atoms with Crippen molar-refractivity contribution in [3.8, 4) is 5.75 Å². The maximum Gasteiger partial charge on any atom is 0.342 e. The summed E-state index contributed by atoms with van der Waals surface area (Å²) in [5, 5.41) is 23.2. The molecule has 2 heterocycles. The Labute approximate surface area is 188 Å². The predicted octanol–water partition coefficient (Wildman–Crippen LogP) is 3.31. The molecule has 1 fully saturated rings. The SMILES string of the molecule is CC/C=C\C=C/C(=O)N/C=C\C[C@H]1CC2C[C@H](O)C[C@H](Cc3cccc(O)c3C(=O)O1)O2. The minimum absolute atomic E-state index is 0.133. The molecule has 2 aliphatic heterocycles. The molecule has 2 aliphatic rings. The number of carbonyl (C=O) groups excluding carboxylic acids is 2. The Morgan fingerprint density at radius 3 is 2.81 bits per heavy atom. The van der Waals surface area contributed by atoms with Crippen molar-refractivity contribution in [3.05, 3.63) is 65.9 Å². The number of carbonyl (C=O) groups is 2. The molecule has 0 radical (unpaired) electrons. The topological polar surface area (TPSA) is 105 Å². The van der Waals surface area contributed by atoms with Gasteiger partial charge in [-0.3, -0.25) is 4.79 Å². The number of phenolic OH excluding ortho intramolecular Hbond substituents is 1. The van der Waals surface area contributed by atoms with Gasteiger partial charge in [-0.2, -0.15) is 0 Å². The number of nitrogens with one attached hydrogen (secondary N) is 1. The number of phenols is 1. The van der Waals surface area contributed by atoms with Gasteiger partial charge < -0.3 is 25.0 Å². The van der Waals surface area contributed by atoms with Gasteiger partial charge in [0, 0.05) is 25.1 Å². The number of aliphatic hydroxyl groups excluding tert-OH is 1. The summed E-state index contributed by atoms with van der Waals surface area (Å²) in [6, 6.07) is 4.91. The largest absolute Gasteiger partial charge is 0.507 e. The molecule has 4 atom stereocenters. The van der Waals surface area contributed by atoms with E-state index in [-0.39, 0.29) is 29.4 Å². The molecule has 1 aromatic rings. The number of allylic oxidation sites excluding steroid dienone is 3. The van der Waals surface area contributed by atoms with Gasteiger partial charge in [-0.1, -0.05) is 43.4 Å². The van der Waals surface area contributed by atoms with Crippen molar-refractivity contribution in [2.45, 2.75) is 69.9 Å². The lowest BCUT2D eigenvalue weighted by Crippen LogP contribution is -2.40. The fourth-order valence-corrected chi connectivity index (χ4v) is 4.07. The Balaban J connectivity index is 1.70. The van der Waals surface area contributed by atoms with E-state index in [1.165, 1.54) is 18.3 Å². The lowest BCUT2D eigenvalue weighted by atomic mass is 9.91. The second-order valence-electron chi connectivity index (χ2n) is 8.13. The van der Waals surface area contributed by atoms with E-state index < -0.39 is 18.2 Å². The number of hydrogen-bond acceptors (Lipinski definition) is 6. The number of aliphatic hydroxyl groups is 1. The Hall–Kier alpha value is -2.90. The van der Waals surface area contributed by atoms with Crippen LogP contribution in [0.2, 0.25) is 0 Å². The summed E-state index contributed by atoms with van der Waals surface area (Å²) in [7, 11) is 0. The molecule has 2 bridgehead atoms. The van der Waals surface area contributed by atoms with E-state index in [1.54, 1.807) is 24.3 Å². The third kappa shape index (κ3) is 6.80. The smallest absolute Gasteiger partial charge is 0.342 e. The fourth-order valence-electron chi connectivity index (χ4n) is 4.07. The summed E-state index contributed by atoms with van der Waals surface area (Å²) in [6.07, 6.45) is 11.7. The summed E-state index contributed by atoms with van der Waals surface area (Å²) >= 11 is 0. The second kappa shape index (κ2) is 11.6. The standard InChI is InChI=1S/C25H31NO6/c1-2-3-4-5-11-23(29)26-12-7-9-19-16-21-15-18(27)14-20(31-21)13-17-8-6-10-22(28)24(17)25(30)32-19/h3-8,10-12,18-21,27-28H,2,9,13-16H2,1H3,(H,26,29)/b4-3-,11-5-,12-7-/t18-,19+,20+,21?/m1/s1. The van der Waals surface area contributed by atoms with Crippen molar-refractivity contribution in [1.82, 2.24) is 5.32 Å². The zero-order chi connectivity index (χ0) is 22.9. The number of cyclic esters (lactones) is 1. The molecular formula is C25H31NO6. The van der Waals surface area contributed by atoms with Gasteiger partial charge in [0.25, 0.3) is 0 Å². The van der Waals surface area contributed by atoms with Gasteiger partial charge in [0.05, 0.1) is 18.3 Å². The Bertz CT molecular complexity index is 890. The predicted molar refractivity (Wildman–Crippen MR) is 120 cm³/mol. The monoisotopic (exact) mass is 441 g/mol. The van der Waals surface area contributed by atoms with E-state index in [0.717, 1.165) is 6.42 Å². The van der Waals surface area contributed by atoms with Crippen molar-refractivity contribution in [3.63, 3.8) is 0 Å². The molecule has 0 saturated carbocycles. The van der Waals surface area contributed by atoms with E-state index in [4.69, 9.17) is 9.47 Å². The Morgan fingerprint density at radius 2 is 2.00 bits per heavy atom. The molecule has 0 aromatic heterocycles. The number of esters is 1. The zero-order valence-electron chi connectivity index (χ0n) is 18.3. The van der Waals surface area contributed by atoms with Crippen LogP contribution < -0.4 is 5.32 Å². The van der Waals surface area contributed by atoms with Gasteiger partial charge >= 0.3 is 5.97 Å². The molecule has 1 saturated heterocycles. The zero-order valence-corrected chi connectivity index (χ0v) is 18.3. The van der Waals surface area contributed by atoms with Crippen molar-refractivity contribution in [2.24, 2.45) is 0 Å². The highest BCUT2D eigenvalue weighted by Crippen LogP contribution is 2.32. The lowest BCUT2D eigenvalue weighted by Gasteiger charge is -2.36. The first-order valence-electron chi connectivity index (χ1n) is 11.1. The van der Waals surface area contributed by atoms with Gasteiger partial charge in [-0.25, -0.2) is 4.79 Å². The Morgan fingerprint density at radius 1 is 1.19 bits per heavy atom. The number of benzene rings is 1. The van der Waals surface area contributed by atoms with E-state index >= 15 is 0 Å². The molecule has 3 N–H and O–H groups in total. The van der Waals surface area contributed by atoms with Crippen LogP contribution in [0.3, 0.4) is 0 Å². The number of aromatic hydroxyl groups is 1. The van der Waals surface area contributed by atoms with E-state index in [0.29, 0.717) is 37.7 Å². The van der Waals surface area contributed by atoms with Crippen molar-refractivity contribution < 1.29 is 29.3 Å². The quantitative estimate of drug-likeness (QED) is 0.355. The highest BCUT2D eigenvalue weighted by Gasteiger charge is 2.34. The molecule has 0 spiro atoms. The number of hydrogen-bond donors (Lipinski definition) is 3. The maximum absolute atomic E-state index is 12.9. The molecule has 0 aliphatic carbocycles. The third-order valence-electron chi connectivity index (χ3n) is 5.51. The highest BCUT2D eigenvalue weighted by atomic mass is 16.5. The van der Waals surface area contributed by atoms with Crippen molar-refractivity contribution in [1.29, 1.82) is 0 Å². The molecule has 1 amide bonds. The van der Waals surface area contributed by atoms with Crippen LogP contribution in [0.25, 0.3) is 0 Å². The molecule has 7 nitrogen and oxygen atoms in total. The van der Waals surface area contributed by atoms with Crippen LogP contribution in [-0.2, 0) is 20.7 Å². The van der Waals surface area contributed by atoms with Crippen LogP contribution in [0, 0.1) is 0 Å². The molecule has 32 heavy (non-hydrogen) atoms. The van der Waals surface area contributed by atoms with Crippen LogP contribution >= 0.6 is 0 Å². The summed E-state index contributed by atoms with van der Waals surface area (Å²) in [6.45, 7) is 2.01. The lowest BCUT2D eigenvalue weighted by molar-refractivity contribution is -0.115. The van der Waals surface area contributed by atoms with Crippen LogP contribution in [0.4, 0.5) is 0 Å². The van der Waals surface area contributed by atoms with E-state index in [2.05, 4.69) is 5.32 Å². The first-order valence-corrected chi connectivity index (χ1v) is 11.1. The molecule has 1 aromatic carbocycles. The van der Waals surface area contributed by atoms with E-state index in [9.17, 15) is 19.8 Å². The number of amides is 1. The van der Waals surface area contributed by atoms with Crippen molar-refractivity contribution in [2.75, 3.05) is 0 Å². The van der Waals surface area contributed by atoms with Crippen LogP contribution in [0.15, 0.2) is 54.8 Å². The first-order chi connectivity index (χ1) is 15.5. The normalized spacial score (nSPS) is 26.2. The Kier molecular flexibility index (Phi) is 8.64. The summed E-state index contributed by atoms with van der Waals surface area (Å²) in [5.41, 5.74) is 0.780. The van der Waals surface area contributed by atoms with Gasteiger partial charge in [0.2, 0.25) is 5.91 Å². The first kappa shape index (κ1) is 23.8. The molecule has 1 unspecified atom stereocenters. The minimum atomic E-state index is -0.577. The van der Waals surface area contributed by atoms with Gasteiger partial charge in [0.15, 0.2) is 0 Å². The average Bonchev–Trinajstić information content (AvgIpc) is 2.73. The average molecular weight is 442 g/mol. The van der Waals surface area contributed by atoms with Gasteiger partial charge in [-0.05, 0) is 37.3 Å². The summed E-state index contributed by atoms with van der Waals surface area (Å²) in [4.78, 5) is 24.7. The minimum Gasteiger partial charge on any atom is -0.507 e. The van der Waals surface area contributed by atoms with Gasteiger partial charge in [0.1, 0.15) is 17.4 Å². The van der Waals surface area contributed by atoms with Crippen LogP contribution in [0.5, 0.6) is 5.75 Å². The van der Waals surface area contributed by atoms with Crippen molar-refractivity contribution >= 4 is 11.9 Å². The highest BCUT2D eigenvalue weighted by molar-refractivity contribution is 5.94. The van der Waals surface area contributed by atoms with E-state index in [1.807, 2.05) is 19.1 Å². The molecule has 3 rings (SSSR count). The summed E-state index contributed by atoms with van der Waals surface area (Å²) < 4.78 is 11.9. The molecule has 172 valence electrons. The summed E-state index contributed by atoms with van der Waals surface area (Å²) in [5.74, 6) is -0.969. The van der Waals surface area contributed by atoms with Crippen LogP contribution in [0.1, 0.15) is 54.9 Å². The van der Waals surface area contributed by atoms with Crippen LogP contribution in [-0.4, -0.2) is 46.5 Å². The maximum atomic E-state index is 12.9. The van der Waals surface area contributed by atoms with Gasteiger partial charge in [-0.15, -0.1) is 0 Å². The number of rotatable bonds is 6. The fraction of sp³-hybridized carbons (Fsp3) is 0.440. The number of ether oxygens (including phenoxy) is 2. The molecule has 7 heteroatoms. The second-order valence-corrected chi connectivity index (χ2v) is 8.13.